The first-order chi connectivity index (χ1) is 15.6. The summed E-state index contributed by atoms with van der Waals surface area (Å²) in [5.74, 6) is 1.30. The third-order valence-electron chi connectivity index (χ3n) is 4.66. The van der Waals surface area contributed by atoms with Gasteiger partial charge in [0.05, 0.1) is 12.4 Å². The monoisotopic (exact) mass is 449 g/mol. The predicted molar refractivity (Wildman–Crippen MR) is 124 cm³/mol. The molecule has 4 rings (SSSR count). The van der Waals surface area contributed by atoms with E-state index >= 15 is 0 Å². The van der Waals surface area contributed by atoms with Gasteiger partial charge < -0.3 is 10.1 Å². The zero-order valence-corrected chi connectivity index (χ0v) is 18.4. The summed E-state index contributed by atoms with van der Waals surface area (Å²) in [7, 11) is 0. The molecule has 32 heavy (non-hydrogen) atoms. The van der Waals surface area contributed by atoms with Crippen LogP contribution in [0.4, 0.5) is 0 Å². The average molecular weight is 450 g/mol. The molecule has 8 nitrogen and oxygen atoms in total. The maximum atomic E-state index is 12.3. The molecule has 0 aliphatic heterocycles. The van der Waals surface area contributed by atoms with Crippen LogP contribution in [0.1, 0.15) is 12.5 Å². The molecule has 0 bridgehead atoms. The Morgan fingerprint density at radius 1 is 1.12 bits per heavy atom. The predicted octanol–water partition coefficient (Wildman–Crippen LogP) is 2.93. The van der Waals surface area contributed by atoms with Crippen LogP contribution >= 0.6 is 11.8 Å². The first-order valence-corrected chi connectivity index (χ1v) is 11.3. The first kappa shape index (κ1) is 21.6. The highest BCUT2D eigenvalue weighted by Crippen LogP contribution is 2.23. The van der Waals surface area contributed by atoms with Crippen molar-refractivity contribution in [2.24, 2.45) is 0 Å². The second kappa shape index (κ2) is 10.1. The van der Waals surface area contributed by atoms with Crippen LogP contribution in [0.25, 0.3) is 17.0 Å². The van der Waals surface area contributed by atoms with E-state index in [0.29, 0.717) is 29.8 Å². The van der Waals surface area contributed by atoms with E-state index in [1.54, 1.807) is 0 Å². The van der Waals surface area contributed by atoms with Crippen molar-refractivity contribution in [1.29, 1.82) is 0 Å². The Bertz CT molecular complexity index is 1250. The molecule has 4 aromatic rings. The Hall–Kier alpha value is -3.59. The van der Waals surface area contributed by atoms with Gasteiger partial charge in [-0.05, 0) is 43.2 Å². The van der Waals surface area contributed by atoms with E-state index in [4.69, 9.17) is 4.74 Å². The van der Waals surface area contributed by atoms with E-state index in [9.17, 15) is 9.59 Å². The number of rotatable bonds is 9. The van der Waals surface area contributed by atoms with Gasteiger partial charge >= 0.3 is 0 Å². The van der Waals surface area contributed by atoms with Gasteiger partial charge in [0.15, 0.2) is 16.6 Å². The third-order valence-corrected chi connectivity index (χ3v) is 5.60. The summed E-state index contributed by atoms with van der Waals surface area (Å²) < 4.78 is 6.98. The molecule has 0 saturated heterocycles. The number of hydrogen-bond acceptors (Lipinski definition) is 6. The van der Waals surface area contributed by atoms with Crippen LogP contribution in [0.3, 0.4) is 0 Å². The molecule has 2 aromatic carbocycles. The number of nitrogens with one attached hydrogen (secondary N) is 2. The number of fused-ring (bicyclic) bond motifs is 1. The fourth-order valence-electron chi connectivity index (χ4n) is 3.15. The Morgan fingerprint density at radius 2 is 1.91 bits per heavy atom. The number of aromatic nitrogens is 4. The minimum Gasteiger partial charge on any atom is -0.494 e. The van der Waals surface area contributed by atoms with Crippen LogP contribution in [0.5, 0.6) is 5.75 Å². The molecule has 1 amide bonds. The van der Waals surface area contributed by atoms with Gasteiger partial charge in [0.2, 0.25) is 5.91 Å². The second-order valence-corrected chi connectivity index (χ2v) is 7.92. The number of benzene rings is 2. The van der Waals surface area contributed by atoms with Gasteiger partial charge in [0.25, 0.3) is 5.56 Å². The van der Waals surface area contributed by atoms with Crippen molar-refractivity contribution in [3.63, 3.8) is 0 Å². The van der Waals surface area contributed by atoms with Gasteiger partial charge in [-0.2, -0.15) is 0 Å². The molecule has 2 aromatic heterocycles. The number of carbonyl (C=O) groups is 1. The van der Waals surface area contributed by atoms with Gasteiger partial charge in [-0.25, -0.2) is 14.5 Å². The summed E-state index contributed by atoms with van der Waals surface area (Å²) >= 11 is 1.24. The molecule has 0 aliphatic carbocycles. The van der Waals surface area contributed by atoms with Gasteiger partial charge in [0.1, 0.15) is 5.75 Å². The second-order valence-electron chi connectivity index (χ2n) is 6.98. The minimum absolute atomic E-state index is 0.102. The zero-order chi connectivity index (χ0) is 22.3. The number of amides is 1. The molecule has 0 atom stereocenters. The van der Waals surface area contributed by atoms with E-state index in [-0.39, 0.29) is 17.2 Å². The number of carbonyl (C=O) groups excluding carboxylic acids is 1. The van der Waals surface area contributed by atoms with Crippen molar-refractivity contribution in [3.05, 3.63) is 76.6 Å². The maximum absolute atomic E-state index is 12.3. The van der Waals surface area contributed by atoms with E-state index in [1.165, 1.54) is 27.9 Å². The van der Waals surface area contributed by atoms with Crippen molar-refractivity contribution >= 4 is 23.3 Å². The van der Waals surface area contributed by atoms with Crippen LogP contribution in [0, 0.1) is 0 Å². The van der Waals surface area contributed by atoms with E-state index < -0.39 is 0 Å². The highest BCUT2D eigenvalue weighted by molar-refractivity contribution is 7.99. The van der Waals surface area contributed by atoms with Gasteiger partial charge in [-0.1, -0.05) is 42.1 Å². The van der Waals surface area contributed by atoms with Crippen LogP contribution in [0.15, 0.2) is 70.6 Å². The molecular formula is C23H23N5O3S. The number of thioether (sulfide) groups is 1. The Kier molecular flexibility index (Phi) is 6.86. The third kappa shape index (κ3) is 5.36. The molecular weight excluding hydrogens is 426 g/mol. The standard InChI is InChI=1S/C23H23N5O3S/c1-2-31-18-10-8-17(9-11-18)22-25-19-14-20(29)27-28(19)23(26-22)32-15-21(30)24-13-12-16-6-4-3-5-7-16/h3-11,14H,2,12-13,15H2,1H3,(H,24,30)(H,27,29). The van der Waals surface area contributed by atoms with Crippen LogP contribution in [-0.4, -0.2) is 44.4 Å². The topological polar surface area (TPSA) is 101 Å². The van der Waals surface area contributed by atoms with Crippen molar-refractivity contribution in [1.82, 2.24) is 24.9 Å². The smallest absolute Gasteiger partial charge is 0.266 e. The Labute approximate surface area is 189 Å². The largest absolute Gasteiger partial charge is 0.494 e. The first-order valence-electron chi connectivity index (χ1n) is 10.3. The lowest BCUT2D eigenvalue weighted by Crippen LogP contribution is -2.27. The summed E-state index contributed by atoms with van der Waals surface area (Å²) in [4.78, 5) is 33.3. The number of aromatic amines is 1. The average Bonchev–Trinajstić information content (AvgIpc) is 3.19. The summed E-state index contributed by atoms with van der Waals surface area (Å²) in [5, 5.41) is 6.09. The molecule has 9 heteroatoms. The molecule has 0 radical (unpaired) electrons. The molecule has 0 saturated carbocycles. The lowest BCUT2D eigenvalue weighted by molar-refractivity contribution is -0.118. The number of nitrogens with zero attached hydrogens (tertiary/aromatic N) is 3. The maximum Gasteiger partial charge on any atom is 0.266 e. The van der Waals surface area contributed by atoms with Crippen molar-refractivity contribution in [2.75, 3.05) is 18.9 Å². The summed E-state index contributed by atoms with van der Waals surface area (Å²) in [6, 6.07) is 18.8. The number of hydrogen-bond donors (Lipinski definition) is 2. The Balaban J connectivity index is 1.46. The van der Waals surface area contributed by atoms with Gasteiger partial charge in [-0.3, -0.25) is 14.7 Å². The van der Waals surface area contributed by atoms with Crippen LogP contribution in [-0.2, 0) is 11.2 Å². The van der Waals surface area contributed by atoms with E-state index in [0.717, 1.165) is 17.7 Å². The lowest BCUT2D eigenvalue weighted by atomic mass is 10.1. The van der Waals surface area contributed by atoms with E-state index in [1.807, 2.05) is 61.5 Å². The molecule has 0 aliphatic rings. The fourth-order valence-corrected chi connectivity index (χ4v) is 3.93. The van der Waals surface area contributed by atoms with Crippen LogP contribution < -0.4 is 15.6 Å². The minimum atomic E-state index is -0.280. The number of ether oxygens (including phenoxy) is 1. The lowest BCUT2D eigenvalue weighted by Gasteiger charge is -2.09. The summed E-state index contributed by atoms with van der Waals surface area (Å²) in [6.45, 7) is 3.07. The van der Waals surface area contributed by atoms with Crippen molar-refractivity contribution in [2.45, 2.75) is 18.5 Å². The highest BCUT2D eigenvalue weighted by Gasteiger charge is 2.13. The molecule has 2 N–H and O–H groups in total. The van der Waals surface area contributed by atoms with Crippen molar-refractivity contribution < 1.29 is 9.53 Å². The van der Waals surface area contributed by atoms with Gasteiger partial charge in [-0.15, -0.1) is 0 Å². The normalized spacial score (nSPS) is 10.9. The quantitative estimate of drug-likeness (QED) is 0.381. The molecule has 0 unspecified atom stereocenters. The van der Waals surface area contributed by atoms with E-state index in [2.05, 4.69) is 20.4 Å². The Morgan fingerprint density at radius 3 is 2.66 bits per heavy atom. The molecule has 0 spiro atoms. The molecule has 2 heterocycles. The molecule has 0 fully saturated rings. The summed E-state index contributed by atoms with van der Waals surface area (Å²) in [5.41, 5.74) is 2.12. The SMILES string of the molecule is CCOc1ccc(-c2nc(SCC(=O)NCCc3ccccc3)n3[nH]c(=O)cc3n2)cc1. The number of H-pyrrole nitrogens is 1. The van der Waals surface area contributed by atoms with Gasteiger partial charge in [0, 0.05) is 18.2 Å². The van der Waals surface area contributed by atoms with Crippen molar-refractivity contribution in [3.8, 4) is 17.1 Å². The highest BCUT2D eigenvalue weighted by atomic mass is 32.2. The molecule has 164 valence electrons. The fraction of sp³-hybridized carbons (Fsp3) is 0.217. The zero-order valence-electron chi connectivity index (χ0n) is 17.6. The van der Waals surface area contributed by atoms with Crippen LogP contribution in [0.2, 0.25) is 0 Å². The summed E-state index contributed by atoms with van der Waals surface area (Å²) in [6.07, 6.45) is 0.766.